The number of nitrogens with one attached hydrogen (secondary N) is 2. The molecule has 1 aliphatic carbocycles. The van der Waals surface area contributed by atoms with Gasteiger partial charge in [-0.3, -0.25) is 14.6 Å². The van der Waals surface area contributed by atoms with Gasteiger partial charge in [-0.05, 0) is 67.5 Å². The van der Waals surface area contributed by atoms with Crippen LogP contribution in [0.4, 0.5) is 0 Å². The highest BCUT2D eigenvalue weighted by Gasteiger charge is 2.22. The zero-order valence-corrected chi connectivity index (χ0v) is 15.7. The maximum atomic E-state index is 12.3. The summed E-state index contributed by atoms with van der Waals surface area (Å²) in [5, 5.41) is 9.60. The Hall–Kier alpha value is -3.28. The molecule has 1 aliphatic rings. The van der Waals surface area contributed by atoms with Crippen molar-refractivity contribution in [2.75, 3.05) is 6.54 Å². The lowest BCUT2D eigenvalue weighted by Crippen LogP contribution is -2.27. The van der Waals surface area contributed by atoms with Crippen molar-refractivity contribution in [3.63, 3.8) is 0 Å². The van der Waals surface area contributed by atoms with E-state index in [-0.39, 0.29) is 11.5 Å². The summed E-state index contributed by atoms with van der Waals surface area (Å²) in [4.78, 5) is 27.7. The lowest BCUT2D eigenvalue weighted by atomic mass is 10.0. The van der Waals surface area contributed by atoms with Crippen LogP contribution in [-0.2, 0) is 12.8 Å². The van der Waals surface area contributed by atoms with Gasteiger partial charge in [0.2, 0.25) is 0 Å². The van der Waals surface area contributed by atoms with E-state index >= 15 is 0 Å². The van der Waals surface area contributed by atoms with Crippen LogP contribution in [0.2, 0.25) is 0 Å². The lowest BCUT2D eigenvalue weighted by Gasteiger charge is -2.10. The number of H-pyrrole nitrogens is 1. The van der Waals surface area contributed by atoms with Gasteiger partial charge in [0, 0.05) is 30.1 Å². The summed E-state index contributed by atoms with van der Waals surface area (Å²) < 4.78 is 0. The first-order valence-electron chi connectivity index (χ1n) is 9.48. The summed E-state index contributed by atoms with van der Waals surface area (Å²) in [5.41, 5.74) is 5.64. The molecule has 1 aromatic carbocycles. The highest BCUT2D eigenvalue weighted by Crippen LogP contribution is 2.31. The Balaban J connectivity index is 1.35. The van der Waals surface area contributed by atoms with Crippen LogP contribution in [0.1, 0.15) is 33.6 Å². The third-order valence-corrected chi connectivity index (χ3v) is 5.29. The summed E-state index contributed by atoms with van der Waals surface area (Å²) >= 11 is 0. The van der Waals surface area contributed by atoms with Gasteiger partial charge in [-0.1, -0.05) is 12.1 Å². The Labute approximate surface area is 163 Å². The van der Waals surface area contributed by atoms with Crippen molar-refractivity contribution in [3.05, 3.63) is 81.4 Å². The number of nitrogens with zero attached hydrogens (tertiary/aromatic N) is 2. The zero-order chi connectivity index (χ0) is 19.5. The number of carbonyl (C=O) groups is 1. The molecule has 1 amide bonds. The van der Waals surface area contributed by atoms with Crippen LogP contribution in [0, 0.1) is 12.8 Å². The van der Waals surface area contributed by atoms with Crippen molar-refractivity contribution < 1.29 is 4.79 Å². The first kappa shape index (κ1) is 18.1. The van der Waals surface area contributed by atoms with Crippen LogP contribution in [0.25, 0.3) is 11.3 Å². The largest absolute Gasteiger partial charge is 0.352 e. The van der Waals surface area contributed by atoms with Crippen LogP contribution >= 0.6 is 0 Å². The van der Waals surface area contributed by atoms with E-state index in [0.717, 1.165) is 36.2 Å². The number of hydrogen-bond donors (Lipinski definition) is 2. The molecule has 0 saturated heterocycles. The second-order valence-corrected chi connectivity index (χ2v) is 7.25. The average Bonchev–Trinajstić information content (AvgIpc) is 3.10. The number of benzene rings is 1. The quantitative estimate of drug-likeness (QED) is 0.719. The van der Waals surface area contributed by atoms with Crippen molar-refractivity contribution >= 4 is 5.91 Å². The van der Waals surface area contributed by atoms with Crippen LogP contribution in [-0.4, -0.2) is 27.6 Å². The molecule has 2 aromatic heterocycles. The molecule has 0 aliphatic heterocycles. The molecule has 6 nitrogen and oxygen atoms in total. The molecular formula is C22H22N4O2. The third kappa shape index (κ3) is 3.86. The van der Waals surface area contributed by atoms with Crippen LogP contribution in [0.5, 0.6) is 0 Å². The molecule has 0 saturated carbocycles. The Morgan fingerprint density at radius 3 is 2.82 bits per heavy atom. The maximum absolute atomic E-state index is 12.3. The van der Waals surface area contributed by atoms with E-state index in [1.807, 2.05) is 6.92 Å². The monoisotopic (exact) mass is 374 g/mol. The fourth-order valence-corrected chi connectivity index (χ4v) is 3.79. The van der Waals surface area contributed by atoms with Gasteiger partial charge in [0.05, 0.1) is 11.3 Å². The minimum atomic E-state index is -0.200. The molecule has 0 bridgehead atoms. The van der Waals surface area contributed by atoms with Crippen molar-refractivity contribution in [1.82, 2.24) is 20.5 Å². The highest BCUT2D eigenvalue weighted by molar-refractivity contribution is 5.95. The molecule has 1 unspecified atom stereocenters. The average molecular weight is 374 g/mol. The number of pyridine rings is 1. The minimum Gasteiger partial charge on any atom is -0.352 e. The number of fused-ring (bicyclic) bond motifs is 1. The molecule has 4 rings (SSSR count). The first-order chi connectivity index (χ1) is 13.6. The maximum Gasteiger partial charge on any atom is 0.264 e. The van der Waals surface area contributed by atoms with E-state index in [1.54, 1.807) is 24.4 Å². The molecule has 0 fully saturated rings. The highest BCUT2D eigenvalue weighted by atomic mass is 16.1. The van der Waals surface area contributed by atoms with Gasteiger partial charge in [-0.25, -0.2) is 5.10 Å². The van der Waals surface area contributed by atoms with E-state index < -0.39 is 0 Å². The Kier molecular flexibility index (Phi) is 5.02. The fourth-order valence-electron chi connectivity index (χ4n) is 3.79. The van der Waals surface area contributed by atoms with Crippen LogP contribution < -0.4 is 10.9 Å². The molecule has 1 atom stereocenters. The van der Waals surface area contributed by atoms with E-state index in [0.29, 0.717) is 18.0 Å². The van der Waals surface area contributed by atoms with Gasteiger partial charge in [0.1, 0.15) is 0 Å². The number of aryl methyl sites for hydroxylation is 1. The van der Waals surface area contributed by atoms with Crippen molar-refractivity contribution in [1.29, 1.82) is 0 Å². The second kappa shape index (κ2) is 7.76. The van der Waals surface area contributed by atoms with E-state index in [1.165, 1.54) is 17.2 Å². The van der Waals surface area contributed by atoms with Gasteiger partial charge >= 0.3 is 0 Å². The van der Waals surface area contributed by atoms with Gasteiger partial charge < -0.3 is 5.32 Å². The number of carbonyl (C=O) groups excluding carboxylic acids is 1. The summed E-state index contributed by atoms with van der Waals surface area (Å²) in [6.45, 7) is 2.50. The summed E-state index contributed by atoms with van der Waals surface area (Å²) in [6.07, 6.45) is 4.65. The lowest BCUT2D eigenvalue weighted by molar-refractivity contribution is 0.0950. The Morgan fingerprint density at radius 1 is 1.18 bits per heavy atom. The van der Waals surface area contributed by atoms with Crippen molar-refractivity contribution in [3.8, 4) is 11.3 Å². The molecule has 6 heteroatoms. The number of hydrogen-bond acceptors (Lipinski definition) is 4. The second-order valence-electron chi connectivity index (χ2n) is 7.25. The first-order valence-corrected chi connectivity index (χ1v) is 9.48. The minimum absolute atomic E-state index is 0.0625. The van der Waals surface area contributed by atoms with Crippen molar-refractivity contribution in [2.45, 2.75) is 26.2 Å². The topological polar surface area (TPSA) is 87.7 Å². The molecule has 2 heterocycles. The van der Waals surface area contributed by atoms with Gasteiger partial charge in [0.25, 0.3) is 11.5 Å². The molecule has 0 radical (unpaired) electrons. The van der Waals surface area contributed by atoms with Crippen LogP contribution in [0.3, 0.4) is 0 Å². The SMILES string of the molecule is Cc1ncccc1C(=O)NCCC1Cc2ccc(-c3ccc(=O)[nH]n3)cc2C1. The number of amides is 1. The standard InChI is InChI=1S/C22H22N4O2/c1-14-19(3-2-9-23-14)22(28)24-10-8-15-11-16-4-5-17(13-18(16)12-15)20-6-7-21(27)26-25-20/h2-7,9,13,15H,8,10-12H2,1H3,(H,24,28)(H,26,27). The predicted octanol–water partition coefficient (Wildman–Crippen LogP) is 2.68. The molecule has 2 N–H and O–H groups in total. The van der Waals surface area contributed by atoms with E-state index in [4.69, 9.17) is 0 Å². The molecule has 3 aromatic rings. The normalized spacial score (nSPS) is 15.2. The van der Waals surface area contributed by atoms with Gasteiger partial charge in [-0.15, -0.1) is 0 Å². The summed E-state index contributed by atoms with van der Waals surface area (Å²) in [7, 11) is 0. The molecule has 142 valence electrons. The van der Waals surface area contributed by atoms with Crippen molar-refractivity contribution in [2.24, 2.45) is 5.92 Å². The van der Waals surface area contributed by atoms with Gasteiger partial charge in [0.15, 0.2) is 0 Å². The van der Waals surface area contributed by atoms with Gasteiger partial charge in [-0.2, -0.15) is 5.10 Å². The summed E-state index contributed by atoms with van der Waals surface area (Å²) in [6, 6.07) is 13.2. The van der Waals surface area contributed by atoms with Crippen LogP contribution in [0.15, 0.2) is 53.5 Å². The Bertz CT molecular complexity index is 1050. The number of aromatic amines is 1. The molecule has 0 spiro atoms. The Morgan fingerprint density at radius 2 is 2.04 bits per heavy atom. The third-order valence-electron chi connectivity index (χ3n) is 5.29. The summed E-state index contributed by atoms with van der Waals surface area (Å²) in [5.74, 6) is 0.455. The van der Waals surface area contributed by atoms with E-state index in [2.05, 4.69) is 38.7 Å². The molecular weight excluding hydrogens is 352 g/mol. The number of aromatic nitrogens is 3. The number of rotatable bonds is 5. The van der Waals surface area contributed by atoms with E-state index in [9.17, 15) is 9.59 Å². The fraction of sp³-hybridized carbons (Fsp3) is 0.273. The smallest absolute Gasteiger partial charge is 0.264 e. The predicted molar refractivity (Wildman–Crippen MR) is 107 cm³/mol. The zero-order valence-electron chi connectivity index (χ0n) is 15.7. The molecule has 28 heavy (non-hydrogen) atoms.